The largest absolute Gasteiger partial charge is 0.497 e. The van der Waals surface area contributed by atoms with E-state index in [1.807, 2.05) is 54.6 Å². The van der Waals surface area contributed by atoms with E-state index in [9.17, 15) is 5.11 Å². The summed E-state index contributed by atoms with van der Waals surface area (Å²) >= 11 is 0. The van der Waals surface area contributed by atoms with Gasteiger partial charge in [0.05, 0.1) is 26.9 Å². The lowest BCUT2D eigenvalue weighted by Crippen LogP contribution is -2.37. The third kappa shape index (κ3) is 6.47. The van der Waals surface area contributed by atoms with Crippen molar-refractivity contribution in [1.29, 1.82) is 0 Å². The van der Waals surface area contributed by atoms with E-state index >= 15 is 0 Å². The van der Waals surface area contributed by atoms with Gasteiger partial charge in [-0.15, -0.1) is 0 Å². The number of fused-ring (bicyclic) bond motifs is 1. The van der Waals surface area contributed by atoms with Crippen LogP contribution in [0.5, 0.6) is 17.2 Å². The second-order valence-electron chi connectivity index (χ2n) is 9.88. The Balaban J connectivity index is 1.53. The second kappa shape index (κ2) is 12.8. The lowest BCUT2D eigenvalue weighted by Gasteiger charge is -2.32. The normalized spacial score (nSPS) is 19.4. The lowest BCUT2D eigenvalue weighted by molar-refractivity contribution is -0.0487. The zero-order valence-electron chi connectivity index (χ0n) is 22.7. The first-order valence-corrected chi connectivity index (χ1v) is 12.9. The van der Waals surface area contributed by atoms with Gasteiger partial charge in [-0.05, 0) is 47.4 Å². The third-order valence-electron chi connectivity index (χ3n) is 6.71. The first kappa shape index (κ1) is 27.5. The number of methoxy groups -OCH3 is 2. The molecule has 3 aromatic carbocycles. The molecular weight excluding hydrogens is 482 g/mol. The Labute approximate surface area is 224 Å². The zero-order valence-corrected chi connectivity index (χ0v) is 22.7. The number of hydrogen-bond acceptors (Lipinski definition) is 7. The molecule has 0 saturated carbocycles. The summed E-state index contributed by atoms with van der Waals surface area (Å²) in [5, 5.41) is 15.8. The van der Waals surface area contributed by atoms with Gasteiger partial charge in [-0.3, -0.25) is 0 Å². The Hall–Kier alpha value is -3.55. The minimum Gasteiger partial charge on any atom is -0.497 e. The Morgan fingerprint density at radius 2 is 1.63 bits per heavy atom. The van der Waals surface area contributed by atoms with E-state index in [0.717, 1.165) is 11.1 Å². The van der Waals surface area contributed by atoms with Crippen molar-refractivity contribution >= 4 is 5.71 Å². The summed E-state index contributed by atoms with van der Waals surface area (Å²) in [5.41, 5.74) is 2.92. The standard InChI is InChI=1S/C31H37NO6/c1-20(2)30(36-19-22-10-7-6-8-11-22)21(3)18-37-32-28-26-17-25(35-5)14-15-27(26)38-31(29(28)33)23-12-9-13-24(16-23)34-4/h6-17,20-21,29-31,33H,18-19H2,1-5H3/b32-28+/t21-,29+,30-,31-/m1/s1. The molecule has 1 aliphatic heterocycles. The van der Waals surface area contributed by atoms with Crippen LogP contribution in [0.3, 0.4) is 0 Å². The fourth-order valence-corrected chi connectivity index (χ4v) is 4.71. The summed E-state index contributed by atoms with van der Waals surface area (Å²) < 4.78 is 23.3. The molecule has 0 aromatic heterocycles. The molecule has 0 spiro atoms. The van der Waals surface area contributed by atoms with Gasteiger partial charge in [0.1, 0.15) is 35.7 Å². The van der Waals surface area contributed by atoms with Gasteiger partial charge < -0.3 is 28.9 Å². The Bertz CT molecular complexity index is 1210. The Morgan fingerprint density at radius 1 is 0.895 bits per heavy atom. The summed E-state index contributed by atoms with van der Waals surface area (Å²) in [6.45, 7) is 7.24. The lowest BCUT2D eigenvalue weighted by atomic mass is 9.92. The molecule has 0 amide bonds. The summed E-state index contributed by atoms with van der Waals surface area (Å²) in [6.07, 6.45) is -1.76. The maximum atomic E-state index is 11.4. The molecule has 1 aliphatic rings. The smallest absolute Gasteiger partial charge is 0.156 e. The van der Waals surface area contributed by atoms with Crippen molar-refractivity contribution in [2.45, 2.75) is 45.7 Å². The first-order chi connectivity index (χ1) is 18.4. The molecule has 0 saturated heterocycles. The molecule has 0 radical (unpaired) electrons. The van der Waals surface area contributed by atoms with Crippen LogP contribution in [0.2, 0.25) is 0 Å². The van der Waals surface area contributed by atoms with Gasteiger partial charge in [-0.25, -0.2) is 0 Å². The van der Waals surface area contributed by atoms with Gasteiger partial charge in [0.15, 0.2) is 6.10 Å². The molecule has 4 rings (SSSR count). The summed E-state index contributed by atoms with van der Waals surface area (Å²) in [5.74, 6) is 2.26. The number of ether oxygens (including phenoxy) is 4. The average molecular weight is 520 g/mol. The van der Waals surface area contributed by atoms with Crippen molar-refractivity contribution < 1.29 is 28.9 Å². The van der Waals surface area contributed by atoms with Gasteiger partial charge in [-0.2, -0.15) is 0 Å². The molecule has 38 heavy (non-hydrogen) atoms. The van der Waals surface area contributed by atoms with Crippen molar-refractivity contribution in [1.82, 2.24) is 0 Å². The van der Waals surface area contributed by atoms with E-state index in [2.05, 4.69) is 38.1 Å². The van der Waals surface area contributed by atoms with Crippen molar-refractivity contribution in [3.8, 4) is 17.2 Å². The Morgan fingerprint density at radius 3 is 2.34 bits per heavy atom. The van der Waals surface area contributed by atoms with Crippen LogP contribution in [0.4, 0.5) is 0 Å². The van der Waals surface area contributed by atoms with Gasteiger partial charge in [0.2, 0.25) is 0 Å². The van der Waals surface area contributed by atoms with E-state index in [1.165, 1.54) is 0 Å². The summed E-state index contributed by atoms with van der Waals surface area (Å²) in [6, 6.07) is 23.0. The number of rotatable bonds is 11. The quantitative estimate of drug-likeness (QED) is 0.323. The highest BCUT2D eigenvalue weighted by Gasteiger charge is 2.36. The molecule has 0 bridgehead atoms. The number of aliphatic hydroxyl groups excluding tert-OH is 1. The van der Waals surface area contributed by atoms with E-state index in [4.69, 9.17) is 23.8 Å². The fourth-order valence-electron chi connectivity index (χ4n) is 4.71. The topological polar surface area (TPSA) is 78.7 Å². The summed E-state index contributed by atoms with van der Waals surface area (Å²) in [7, 11) is 3.20. The molecular formula is C31H37NO6. The van der Waals surface area contributed by atoms with Gasteiger partial charge in [0.25, 0.3) is 0 Å². The maximum Gasteiger partial charge on any atom is 0.156 e. The SMILES string of the molecule is COc1cccc([C@H]2Oc3ccc(OC)cc3/C(=N\OC[C@@H](C)[C@H](OCc3ccccc3)C(C)C)[C@@H]2O)c1. The molecule has 1 heterocycles. The van der Waals surface area contributed by atoms with Crippen molar-refractivity contribution in [3.63, 3.8) is 0 Å². The van der Waals surface area contributed by atoms with Gasteiger partial charge in [-0.1, -0.05) is 68.4 Å². The molecule has 3 aromatic rings. The van der Waals surface area contributed by atoms with E-state index in [1.54, 1.807) is 20.3 Å². The minimum absolute atomic E-state index is 0.0214. The number of nitrogens with zero attached hydrogens (tertiary/aromatic N) is 1. The van der Waals surface area contributed by atoms with E-state index in [0.29, 0.717) is 47.7 Å². The molecule has 0 fully saturated rings. The van der Waals surface area contributed by atoms with Crippen LogP contribution < -0.4 is 14.2 Å². The van der Waals surface area contributed by atoms with Crippen molar-refractivity contribution in [2.24, 2.45) is 17.0 Å². The predicted octanol–water partition coefficient (Wildman–Crippen LogP) is 5.80. The number of benzene rings is 3. The third-order valence-corrected chi connectivity index (χ3v) is 6.71. The van der Waals surface area contributed by atoms with Crippen LogP contribution in [0.25, 0.3) is 0 Å². The van der Waals surface area contributed by atoms with Crippen LogP contribution in [0.1, 0.15) is 43.6 Å². The van der Waals surface area contributed by atoms with Gasteiger partial charge >= 0.3 is 0 Å². The van der Waals surface area contributed by atoms with Gasteiger partial charge in [0, 0.05) is 11.5 Å². The monoisotopic (exact) mass is 519 g/mol. The van der Waals surface area contributed by atoms with Crippen LogP contribution in [-0.2, 0) is 16.2 Å². The molecule has 202 valence electrons. The van der Waals surface area contributed by atoms with Crippen LogP contribution in [-0.4, -0.2) is 43.9 Å². The number of aliphatic hydroxyl groups is 1. The molecule has 0 unspecified atom stereocenters. The predicted molar refractivity (Wildman–Crippen MR) is 147 cm³/mol. The maximum absolute atomic E-state index is 11.4. The highest BCUT2D eigenvalue weighted by Crippen LogP contribution is 2.38. The first-order valence-electron chi connectivity index (χ1n) is 12.9. The molecule has 7 nitrogen and oxygen atoms in total. The molecule has 0 aliphatic carbocycles. The van der Waals surface area contributed by atoms with E-state index < -0.39 is 12.2 Å². The molecule has 4 atom stereocenters. The number of oxime groups is 1. The van der Waals surface area contributed by atoms with Crippen LogP contribution >= 0.6 is 0 Å². The van der Waals surface area contributed by atoms with Crippen molar-refractivity contribution in [2.75, 3.05) is 20.8 Å². The minimum atomic E-state index is -1.06. The molecule has 7 heteroatoms. The van der Waals surface area contributed by atoms with Crippen molar-refractivity contribution in [3.05, 3.63) is 89.5 Å². The van der Waals surface area contributed by atoms with E-state index in [-0.39, 0.29) is 12.0 Å². The fraction of sp³-hybridized carbons (Fsp3) is 0.387. The second-order valence-corrected chi connectivity index (χ2v) is 9.88. The summed E-state index contributed by atoms with van der Waals surface area (Å²) in [4.78, 5) is 5.87. The molecule has 1 N–H and O–H groups in total. The van der Waals surface area contributed by atoms with Crippen LogP contribution in [0, 0.1) is 11.8 Å². The highest BCUT2D eigenvalue weighted by molar-refractivity contribution is 6.07. The Kier molecular flexibility index (Phi) is 9.26. The number of hydrogen-bond donors (Lipinski definition) is 1. The van der Waals surface area contributed by atoms with Crippen LogP contribution in [0.15, 0.2) is 78.0 Å². The zero-order chi connectivity index (χ0) is 27.1. The highest BCUT2D eigenvalue weighted by atomic mass is 16.6. The average Bonchev–Trinajstić information content (AvgIpc) is 2.94.